The molecule has 0 unspecified atom stereocenters. The molecule has 0 fully saturated rings. The monoisotopic (exact) mass is 222 g/mol. The molecule has 1 atom stereocenters. The largest absolute Gasteiger partial charge is 0.311 e. The normalized spacial score (nSPS) is 19.9. The van der Waals surface area contributed by atoms with Gasteiger partial charge in [-0.05, 0) is 24.7 Å². The van der Waals surface area contributed by atoms with Gasteiger partial charge in [0.1, 0.15) is 5.82 Å². The maximum Gasteiger partial charge on any atom is 0.128 e. The molecule has 16 heavy (non-hydrogen) atoms. The van der Waals surface area contributed by atoms with Gasteiger partial charge < -0.3 is 5.32 Å². The molecule has 0 radical (unpaired) electrons. The van der Waals surface area contributed by atoms with Crippen LogP contribution in [0.15, 0.2) is 18.2 Å². The van der Waals surface area contributed by atoms with Gasteiger partial charge in [-0.25, -0.2) is 4.39 Å². The van der Waals surface area contributed by atoms with Crippen molar-refractivity contribution in [3.63, 3.8) is 0 Å². The number of halogens is 1. The number of hydrogen-bond donors (Lipinski definition) is 1. The second-order valence-corrected chi connectivity index (χ2v) is 4.18. The highest BCUT2D eigenvalue weighted by Gasteiger charge is 2.26. The van der Waals surface area contributed by atoms with Gasteiger partial charge in [0, 0.05) is 18.7 Å². The molecule has 1 heterocycles. The first-order chi connectivity index (χ1) is 7.77. The molecule has 1 aliphatic heterocycles. The Morgan fingerprint density at radius 1 is 1.38 bits per heavy atom. The van der Waals surface area contributed by atoms with E-state index >= 15 is 0 Å². The highest BCUT2D eigenvalue weighted by molar-refractivity contribution is 5.33. The Kier molecular flexibility index (Phi) is 3.56. The van der Waals surface area contributed by atoms with E-state index in [0.717, 1.165) is 37.3 Å². The van der Waals surface area contributed by atoms with Gasteiger partial charge in [0.05, 0.1) is 6.04 Å². The molecule has 1 aliphatic rings. The molecule has 2 rings (SSSR count). The highest BCUT2D eigenvalue weighted by atomic mass is 19.1. The topological polar surface area (TPSA) is 15.3 Å². The lowest BCUT2D eigenvalue weighted by atomic mass is 9.95. The predicted molar refractivity (Wildman–Crippen MR) is 63.8 cm³/mol. The van der Waals surface area contributed by atoms with Gasteiger partial charge in [0.25, 0.3) is 0 Å². The fourth-order valence-corrected chi connectivity index (χ4v) is 2.53. The highest BCUT2D eigenvalue weighted by Crippen LogP contribution is 2.29. The van der Waals surface area contributed by atoms with Crippen molar-refractivity contribution < 1.29 is 4.39 Å². The lowest BCUT2D eigenvalue weighted by Gasteiger charge is -2.35. The van der Waals surface area contributed by atoms with Crippen LogP contribution < -0.4 is 5.32 Å². The zero-order valence-corrected chi connectivity index (χ0v) is 9.96. The summed E-state index contributed by atoms with van der Waals surface area (Å²) < 4.78 is 13.9. The molecule has 2 nitrogen and oxygen atoms in total. The Morgan fingerprint density at radius 3 is 2.81 bits per heavy atom. The smallest absolute Gasteiger partial charge is 0.128 e. The van der Waals surface area contributed by atoms with E-state index in [9.17, 15) is 4.39 Å². The van der Waals surface area contributed by atoms with E-state index in [4.69, 9.17) is 0 Å². The van der Waals surface area contributed by atoms with Crippen LogP contribution in [-0.4, -0.2) is 24.5 Å². The number of nitrogens with zero attached hydrogens (tertiary/aromatic N) is 1. The van der Waals surface area contributed by atoms with Crippen LogP contribution in [0.3, 0.4) is 0 Å². The van der Waals surface area contributed by atoms with Crippen LogP contribution in [0.1, 0.15) is 31.0 Å². The number of hydrogen-bond acceptors (Lipinski definition) is 2. The van der Waals surface area contributed by atoms with Crippen LogP contribution >= 0.6 is 0 Å². The van der Waals surface area contributed by atoms with Crippen molar-refractivity contribution in [3.05, 3.63) is 35.1 Å². The van der Waals surface area contributed by atoms with Crippen LogP contribution in [0.5, 0.6) is 0 Å². The van der Waals surface area contributed by atoms with E-state index in [1.165, 1.54) is 0 Å². The zero-order valence-electron chi connectivity index (χ0n) is 9.96. The third-order valence-electron chi connectivity index (χ3n) is 3.38. The quantitative estimate of drug-likeness (QED) is 0.844. The average Bonchev–Trinajstić information content (AvgIpc) is 2.31. The predicted octanol–water partition coefficient (Wildman–Crippen LogP) is 2.31. The van der Waals surface area contributed by atoms with Crippen molar-refractivity contribution in [1.29, 1.82) is 0 Å². The van der Waals surface area contributed by atoms with Crippen LogP contribution in [0.4, 0.5) is 4.39 Å². The van der Waals surface area contributed by atoms with Crippen LogP contribution in [-0.2, 0) is 6.54 Å². The molecule has 1 N–H and O–H groups in total. The van der Waals surface area contributed by atoms with Crippen molar-refractivity contribution >= 4 is 0 Å². The molecular weight excluding hydrogens is 203 g/mol. The lowest BCUT2D eigenvalue weighted by molar-refractivity contribution is 0.200. The van der Waals surface area contributed by atoms with Gasteiger partial charge in [-0.3, -0.25) is 4.90 Å². The molecule has 0 aromatic heterocycles. The number of fused-ring (bicyclic) bond motifs is 1. The van der Waals surface area contributed by atoms with Gasteiger partial charge in [-0.1, -0.05) is 26.0 Å². The van der Waals surface area contributed by atoms with E-state index in [-0.39, 0.29) is 11.9 Å². The number of nitrogens with one attached hydrogen (secondary N) is 1. The first kappa shape index (κ1) is 11.6. The van der Waals surface area contributed by atoms with Gasteiger partial charge in [-0.15, -0.1) is 0 Å². The standard InChI is InChI=1S/C13H19FN2/c1-3-16(4-2)12-9-15-8-10-6-5-7-11(14)13(10)12/h5-7,12,15H,3-4,8-9H2,1-2H3/t12-/m0/s1. The summed E-state index contributed by atoms with van der Waals surface area (Å²) in [6.45, 7) is 7.78. The number of likely N-dealkylation sites (N-methyl/N-ethyl adjacent to an activating group) is 1. The molecule has 0 bridgehead atoms. The van der Waals surface area contributed by atoms with Crippen LogP contribution in [0, 0.1) is 5.82 Å². The summed E-state index contributed by atoms with van der Waals surface area (Å²) >= 11 is 0. The second kappa shape index (κ2) is 4.93. The van der Waals surface area contributed by atoms with Gasteiger partial charge in [0.2, 0.25) is 0 Å². The van der Waals surface area contributed by atoms with Gasteiger partial charge >= 0.3 is 0 Å². The maximum atomic E-state index is 13.9. The fraction of sp³-hybridized carbons (Fsp3) is 0.538. The summed E-state index contributed by atoms with van der Waals surface area (Å²) in [4.78, 5) is 2.30. The summed E-state index contributed by atoms with van der Waals surface area (Å²) in [5.74, 6) is -0.0594. The van der Waals surface area contributed by atoms with E-state index in [1.54, 1.807) is 12.1 Å². The molecule has 0 aliphatic carbocycles. The van der Waals surface area contributed by atoms with Crippen molar-refractivity contribution in [2.45, 2.75) is 26.4 Å². The van der Waals surface area contributed by atoms with Crippen molar-refractivity contribution in [3.8, 4) is 0 Å². The van der Waals surface area contributed by atoms with Crippen molar-refractivity contribution in [2.75, 3.05) is 19.6 Å². The van der Waals surface area contributed by atoms with Gasteiger partial charge in [0.15, 0.2) is 0 Å². The minimum atomic E-state index is -0.0594. The second-order valence-electron chi connectivity index (χ2n) is 4.18. The van der Waals surface area contributed by atoms with E-state index < -0.39 is 0 Å². The Bertz CT molecular complexity index is 361. The Labute approximate surface area is 96.5 Å². The zero-order chi connectivity index (χ0) is 11.5. The molecule has 0 saturated heterocycles. The van der Waals surface area contributed by atoms with E-state index in [1.807, 2.05) is 6.07 Å². The van der Waals surface area contributed by atoms with Crippen molar-refractivity contribution in [1.82, 2.24) is 10.2 Å². The SMILES string of the molecule is CCN(CC)[C@H]1CNCc2cccc(F)c21. The maximum absolute atomic E-state index is 13.9. The third-order valence-corrected chi connectivity index (χ3v) is 3.38. The number of rotatable bonds is 3. The third kappa shape index (κ3) is 1.97. The lowest BCUT2D eigenvalue weighted by Crippen LogP contribution is -2.40. The fourth-order valence-electron chi connectivity index (χ4n) is 2.53. The summed E-state index contributed by atoms with van der Waals surface area (Å²) in [5, 5.41) is 3.36. The molecule has 88 valence electrons. The number of benzene rings is 1. The summed E-state index contributed by atoms with van der Waals surface area (Å²) in [6.07, 6.45) is 0. The Balaban J connectivity index is 2.38. The average molecular weight is 222 g/mol. The molecular formula is C13H19FN2. The van der Waals surface area contributed by atoms with E-state index in [2.05, 4.69) is 24.1 Å². The molecule has 1 aromatic rings. The Morgan fingerprint density at radius 2 is 2.12 bits per heavy atom. The summed E-state index contributed by atoms with van der Waals surface area (Å²) in [5.41, 5.74) is 1.99. The summed E-state index contributed by atoms with van der Waals surface area (Å²) in [7, 11) is 0. The summed E-state index contributed by atoms with van der Waals surface area (Å²) in [6, 6.07) is 5.56. The van der Waals surface area contributed by atoms with Crippen LogP contribution in [0.25, 0.3) is 0 Å². The first-order valence-electron chi connectivity index (χ1n) is 6.00. The molecule has 3 heteroatoms. The molecule has 0 spiro atoms. The molecule has 0 amide bonds. The molecule has 0 saturated carbocycles. The minimum absolute atomic E-state index is 0.0594. The minimum Gasteiger partial charge on any atom is -0.311 e. The molecule has 1 aromatic carbocycles. The Hall–Kier alpha value is -0.930. The van der Waals surface area contributed by atoms with Crippen molar-refractivity contribution in [2.24, 2.45) is 0 Å². The van der Waals surface area contributed by atoms with Crippen LogP contribution in [0.2, 0.25) is 0 Å². The first-order valence-corrected chi connectivity index (χ1v) is 6.00. The van der Waals surface area contributed by atoms with Gasteiger partial charge in [-0.2, -0.15) is 0 Å². The van der Waals surface area contributed by atoms with E-state index in [0.29, 0.717) is 0 Å².